The summed E-state index contributed by atoms with van der Waals surface area (Å²) >= 11 is 0. The number of rotatable bonds is 4. The van der Waals surface area contributed by atoms with Gasteiger partial charge in [0.15, 0.2) is 0 Å². The lowest BCUT2D eigenvalue weighted by Gasteiger charge is -2.04. The minimum atomic E-state index is 0.116. The van der Waals surface area contributed by atoms with Crippen LogP contribution in [-0.2, 0) is 6.54 Å². The Bertz CT molecular complexity index is 564. The molecule has 0 fully saturated rings. The third-order valence-electron chi connectivity index (χ3n) is 3.08. The summed E-state index contributed by atoms with van der Waals surface area (Å²) in [4.78, 5) is 12.3. The maximum Gasteiger partial charge on any atom is 0.270 e. The van der Waals surface area contributed by atoms with E-state index in [-0.39, 0.29) is 11.5 Å². The van der Waals surface area contributed by atoms with Crippen molar-refractivity contribution in [2.75, 3.05) is 0 Å². The fraction of sp³-hybridized carbons (Fsp3) is 0.400. The van der Waals surface area contributed by atoms with Crippen molar-refractivity contribution in [1.29, 1.82) is 0 Å². The smallest absolute Gasteiger partial charge is 0.270 e. The first-order chi connectivity index (χ1) is 8.65. The molecule has 0 radical (unpaired) electrons. The Morgan fingerprint density at radius 3 is 2.44 bits per heavy atom. The van der Waals surface area contributed by atoms with Gasteiger partial charge in [-0.2, -0.15) is 0 Å². The van der Waals surface area contributed by atoms with Gasteiger partial charge in [-0.3, -0.25) is 14.6 Å². The molecule has 1 N–H and O–H groups in total. The molecule has 1 aromatic carbocycles. The quantitative estimate of drug-likeness (QED) is 0.879. The van der Waals surface area contributed by atoms with Gasteiger partial charge in [0.05, 0.1) is 5.69 Å². The van der Waals surface area contributed by atoms with Gasteiger partial charge in [0.2, 0.25) is 0 Å². The number of nitrogens with zero attached hydrogens (tertiary/aromatic N) is 1. The van der Waals surface area contributed by atoms with Gasteiger partial charge < -0.3 is 0 Å². The number of aromatic amines is 1. The number of aromatic nitrogens is 2. The lowest BCUT2D eigenvalue weighted by Crippen LogP contribution is -2.19. The summed E-state index contributed by atoms with van der Waals surface area (Å²) in [5.74, 6) is 0.224. The molecule has 3 nitrogen and oxygen atoms in total. The van der Waals surface area contributed by atoms with Crippen LogP contribution in [0.2, 0.25) is 0 Å². The molecule has 0 unspecified atom stereocenters. The molecule has 1 aromatic heterocycles. The topological polar surface area (TPSA) is 37.8 Å². The SMILES string of the molecule is CCCn1[nH]c(-c2ccccc2)c(C(C)C)c1=O. The monoisotopic (exact) mass is 244 g/mol. The lowest BCUT2D eigenvalue weighted by atomic mass is 9.99. The molecule has 96 valence electrons. The molecule has 0 aliphatic rings. The Hall–Kier alpha value is -1.77. The Balaban J connectivity index is 2.60. The minimum Gasteiger partial charge on any atom is -0.295 e. The maximum atomic E-state index is 12.3. The maximum absolute atomic E-state index is 12.3. The number of nitrogens with one attached hydrogen (secondary N) is 1. The Labute approximate surface area is 107 Å². The summed E-state index contributed by atoms with van der Waals surface area (Å²) in [7, 11) is 0. The summed E-state index contributed by atoms with van der Waals surface area (Å²) in [6, 6.07) is 10.0. The number of hydrogen-bond donors (Lipinski definition) is 1. The van der Waals surface area contributed by atoms with Crippen LogP contribution in [0.1, 0.15) is 38.7 Å². The zero-order valence-electron chi connectivity index (χ0n) is 11.2. The molecule has 0 aliphatic heterocycles. The number of H-pyrrole nitrogens is 1. The van der Waals surface area contributed by atoms with Crippen LogP contribution < -0.4 is 5.56 Å². The Kier molecular flexibility index (Phi) is 3.70. The van der Waals surface area contributed by atoms with Crippen LogP contribution in [-0.4, -0.2) is 9.78 Å². The van der Waals surface area contributed by atoms with Crippen molar-refractivity contribution < 1.29 is 0 Å². The van der Waals surface area contributed by atoms with Crippen molar-refractivity contribution in [2.45, 2.75) is 39.7 Å². The summed E-state index contributed by atoms with van der Waals surface area (Å²) < 4.78 is 1.72. The van der Waals surface area contributed by atoms with Crippen LogP contribution in [0, 0.1) is 0 Å². The fourth-order valence-electron chi connectivity index (χ4n) is 2.24. The molecule has 18 heavy (non-hydrogen) atoms. The van der Waals surface area contributed by atoms with Gasteiger partial charge in [-0.1, -0.05) is 51.1 Å². The van der Waals surface area contributed by atoms with E-state index in [0.29, 0.717) is 0 Å². The second-order valence-electron chi connectivity index (χ2n) is 4.88. The van der Waals surface area contributed by atoms with E-state index < -0.39 is 0 Å². The van der Waals surface area contributed by atoms with Crippen LogP contribution in [0.3, 0.4) is 0 Å². The van der Waals surface area contributed by atoms with Crippen LogP contribution in [0.5, 0.6) is 0 Å². The second-order valence-corrected chi connectivity index (χ2v) is 4.88. The summed E-state index contributed by atoms with van der Waals surface area (Å²) in [6.45, 7) is 6.94. The highest BCUT2D eigenvalue weighted by Gasteiger charge is 2.17. The molecule has 3 heteroatoms. The van der Waals surface area contributed by atoms with E-state index in [2.05, 4.69) is 25.9 Å². The molecule has 0 aliphatic carbocycles. The van der Waals surface area contributed by atoms with Crippen LogP contribution >= 0.6 is 0 Å². The van der Waals surface area contributed by atoms with Gasteiger partial charge in [-0.25, -0.2) is 0 Å². The first kappa shape index (κ1) is 12.7. The average Bonchev–Trinajstić information content (AvgIpc) is 2.69. The average molecular weight is 244 g/mol. The largest absolute Gasteiger partial charge is 0.295 e. The van der Waals surface area contributed by atoms with E-state index in [1.54, 1.807) is 4.68 Å². The molecule has 1 heterocycles. The molecule has 2 rings (SSSR count). The first-order valence-electron chi connectivity index (χ1n) is 6.53. The summed E-state index contributed by atoms with van der Waals surface area (Å²) in [6.07, 6.45) is 0.951. The van der Waals surface area contributed by atoms with Crippen molar-refractivity contribution in [3.63, 3.8) is 0 Å². The minimum absolute atomic E-state index is 0.116. The molecule has 0 atom stereocenters. The van der Waals surface area contributed by atoms with E-state index in [1.807, 2.05) is 30.3 Å². The van der Waals surface area contributed by atoms with Crippen molar-refractivity contribution in [3.05, 3.63) is 46.2 Å². The Morgan fingerprint density at radius 2 is 1.89 bits per heavy atom. The van der Waals surface area contributed by atoms with Crippen LogP contribution in [0.15, 0.2) is 35.1 Å². The van der Waals surface area contributed by atoms with Gasteiger partial charge in [-0.05, 0) is 17.9 Å². The van der Waals surface area contributed by atoms with Crippen molar-refractivity contribution in [2.24, 2.45) is 0 Å². The molecular weight excluding hydrogens is 224 g/mol. The molecule has 0 amide bonds. The van der Waals surface area contributed by atoms with Crippen molar-refractivity contribution in [3.8, 4) is 11.3 Å². The lowest BCUT2D eigenvalue weighted by molar-refractivity contribution is 0.584. The van der Waals surface area contributed by atoms with Crippen LogP contribution in [0.4, 0.5) is 0 Å². The highest BCUT2D eigenvalue weighted by atomic mass is 16.1. The van der Waals surface area contributed by atoms with Gasteiger partial charge in [-0.15, -0.1) is 0 Å². The van der Waals surface area contributed by atoms with Gasteiger partial charge in [0, 0.05) is 12.1 Å². The molecule has 2 aromatic rings. The normalized spacial score (nSPS) is 11.1. The van der Waals surface area contributed by atoms with Crippen LogP contribution in [0.25, 0.3) is 11.3 Å². The standard InChI is InChI=1S/C15H20N2O/c1-4-10-17-15(18)13(11(2)3)14(16-17)12-8-6-5-7-9-12/h5-9,11,16H,4,10H2,1-3H3. The Morgan fingerprint density at radius 1 is 1.22 bits per heavy atom. The number of benzene rings is 1. The first-order valence-corrected chi connectivity index (χ1v) is 6.53. The highest BCUT2D eigenvalue weighted by Crippen LogP contribution is 2.24. The molecule has 0 saturated heterocycles. The predicted molar refractivity (Wildman–Crippen MR) is 74.9 cm³/mol. The van der Waals surface area contributed by atoms with Crippen molar-refractivity contribution in [1.82, 2.24) is 9.78 Å². The van der Waals surface area contributed by atoms with Gasteiger partial charge in [0.25, 0.3) is 5.56 Å². The predicted octanol–water partition coefficient (Wildman–Crippen LogP) is 3.38. The summed E-state index contributed by atoms with van der Waals surface area (Å²) in [5, 5.41) is 3.25. The van der Waals surface area contributed by atoms with E-state index in [4.69, 9.17) is 0 Å². The van der Waals surface area contributed by atoms with E-state index in [9.17, 15) is 4.79 Å². The third kappa shape index (κ3) is 2.26. The number of hydrogen-bond acceptors (Lipinski definition) is 1. The second kappa shape index (κ2) is 5.25. The fourth-order valence-corrected chi connectivity index (χ4v) is 2.24. The van der Waals surface area contributed by atoms with Gasteiger partial charge in [0.1, 0.15) is 0 Å². The van der Waals surface area contributed by atoms with Crippen molar-refractivity contribution >= 4 is 0 Å². The number of aryl methyl sites for hydroxylation is 1. The zero-order chi connectivity index (χ0) is 13.1. The summed E-state index contributed by atoms with van der Waals surface area (Å²) in [5.41, 5.74) is 3.04. The highest BCUT2D eigenvalue weighted by molar-refractivity contribution is 5.63. The molecular formula is C15H20N2O. The van der Waals surface area contributed by atoms with E-state index in [0.717, 1.165) is 29.8 Å². The van der Waals surface area contributed by atoms with Gasteiger partial charge >= 0.3 is 0 Å². The van der Waals surface area contributed by atoms with E-state index in [1.165, 1.54) is 0 Å². The molecule has 0 spiro atoms. The zero-order valence-corrected chi connectivity index (χ0v) is 11.2. The van der Waals surface area contributed by atoms with E-state index >= 15 is 0 Å². The molecule has 0 saturated carbocycles. The molecule has 0 bridgehead atoms. The third-order valence-corrected chi connectivity index (χ3v) is 3.08.